The largest absolute Gasteiger partial charge is 0.331 e. The predicted octanol–water partition coefficient (Wildman–Crippen LogP) is 3.11. The molecule has 0 radical (unpaired) electrons. The van der Waals surface area contributed by atoms with Crippen LogP contribution in [-0.4, -0.2) is 35.4 Å². The maximum Gasteiger partial charge on any atom is 0.228 e. The summed E-state index contributed by atoms with van der Waals surface area (Å²) >= 11 is 5.76. The van der Waals surface area contributed by atoms with Crippen molar-refractivity contribution in [3.63, 3.8) is 0 Å². The number of carbonyl (C=O) groups is 2. The minimum atomic E-state index is -3.58. The monoisotopic (exact) mass is 431 g/mol. The lowest BCUT2D eigenvalue weighted by molar-refractivity contribution is -0.115. The average Bonchev–Trinajstić information content (AvgIpc) is 3.13. The minimum Gasteiger partial charge on any atom is -0.331 e. The van der Waals surface area contributed by atoms with Gasteiger partial charge in [0, 0.05) is 42.1 Å². The molecule has 7 nitrogen and oxygen atoms in total. The summed E-state index contributed by atoms with van der Waals surface area (Å²) in [7, 11) is -1.86. The lowest BCUT2D eigenvalue weighted by Gasteiger charge is -2.07. The lowest BCUT2D eigenvalue weighted by atomic mass is 10.1. The third-order valence-electron chi connectivity index (χ3n) is 4.23. The van der Waals surface area contributed by atoms with Crippen LogP contribution in [0.1, 0.15) is 22.6 Å². The highest BCUT2D eigenvalue weighted by atomic mass is 35.5. The molecule has 29 heavy (non-hydrogen) atoms. The van der Waals surface area contributed by atoms with E-state index < -0.39 is 15.7 Å². The second kappa shape index (κ2) is 8.59. The lowest BCUT2D eigenvalue weighted by Crippen LogP contribution is -2.17. The predicted molar refractivity (Wildman–Crippen MR) is 110 cm³/mol. The maximum atomic E-state index is 12.4. The minimum absolute atomic E-state index is 0.117. The molecule has 1 aromatic heterocycles. The van der Waals surface area contributed by atoms with Crippen molar-refractivity contribution in [3.8, 4) is 0 Å². The Morgan fingerprint density at radius 3 is 2.31 bits per heavy atom. The number of ketones is 1. The summed E-state index contributed by atoms with van der Waals surface area (Å²) in [5.41, 5.74) is 0.901. The van der Waals surface area contributed by atoms with E-state index in [2.05, 4.69) is 10.3 Å². The zero-order chi connectivity index (χ0) is 21.0. The van der Waals surface area contributed by atoms with Gasteiger partial charge in [-0.25, -0.2) is 13.4 Å². The molecule has 0 fully saturated rings. The van der Waals surface area contributed by atoms with Crippen LogP contribution >= 0.6 is 11.6 Å². The van der Waals surface area contributed by atoms with Gasteiger partial charge in [0.2, 0.25) is 11.7 Å². The molecule has 0 saturated carbocycles. The van der Waals surface area contributed by atoms with Crippen molar-refractivity contribution in [2.75, 3.05) is 11.1 Å². The van der Waals surface area contributed by atoms with Gasteiger partial charge in [-0.3, -0.25) is 9.59 Å². The fourth-order valence-electron chi connectivity index (χ4n) is 2.63. The molecule has 3 aromatic rings. The molecule has 0 spiro atoms. The topological polar surface area (TPSA) is 98.1 Å². The summed E-state index contributed by atoms with van der Waals surface area (Å²) in [5.74, 6) is -0.680. The fourth-order valence-corrected chi connectivity index (χ4v) is 4.00. The summed E-state index contributed by atoms with van der Waals surface area (Å²) in [5, 5.41) is 3.07. The molecule has 1 heterocycles. The fraction of sp³-hybridized carbons (Fsp3) is 0.150. The van der Waals surface area contributed by atoms with Crippen molar-refractivity contribution in [1.82, 2.24) is 9.55 Å². The van der Waals surface area contributed by atoms with Crippen molar-refractivity contribution < 1.29 is 18.0 Å². The number of aromatic nitrogens is 2. The van der Waals surface area contributed by atoms with Crippen LogP contribution in [0.4, 0.5) is 5.69 Å². The van der Waals surface area contributed by atoms with Crippen LogP contribution in [0.2, 0.25) is 5.02 Å². The highest BCUT2D eigenvalue weighted by Crippen LogP contribution is 2.17. The molecule has 9 heteroatoms. The van der Waals surface area contributed by atoms with Gasteiger partial charge in [0.15, 0.2) is 15.7 Å². The second-order valence-corrected chi connectivity index (χ2v) is 8.88. The van der Waals surface area contributed by atoms with Gasteiger partial charge in [-0.1, -0.05) is 11.6 Å². The zero-order valence-corrected chi connectivity index (χ0v) is 17.1. The number of anilines is 1. The van der Waals surface area contributed by atoms with E-state index in [1.807, 2.05) is 0 Å². The van der Waals surface area contributed by atoms with Gasteiger partial charge >= 0.3 is 0 Å². The standard InChI is InChI=1S/C20H18ClN3O4S/c1-24-12-11-22-20(24)19(26)14-2-6-16(7-3-14)23-18(25)10-13-29(27,28)17-8-4-15(21)5-9-17/h2-9,11-12H,10,13H2,1H3,(H,23,25). The van der Waals surface area contributed by atoms with Gasteiger partial charge in [0.25, 0.3) is 0 Å². The molecular weight excluding hydrogens is 414 g/mol. The number of imidazole rings is 1. The Morgan fingerprint density at radius 1 is 1.07 bits per heavy atom. The summed E-state index contributed by atoms with van der Waals surface area (Å²) < 4.78 is 26.2. The number of sulfone groups is 1. The highest BCUT2D eigenvalue weighted by molar-refractivity contribution is 7.91. The number of aryl methyl sites for hydroxylation is 1. The van der Waals surface area contributed by atoms with Gasteiger partial charge in [-0.05, 0) is 48.5 Å². The van der Waals surface area contributed by atoms with Crippen molar-refractivity contribution >= 4 is 38.8 Å². The SMILES string of the molecule is Cn1ccnc1C(=O)c1ccc(NC(=O)CCS(=O)(=O)c2ccc(Cl)cc2)cc1. The van der Waals surface area contributed by atoms with Crippen molar-refractivity contribution in [2.24, 2.45) is 7.05 Å². The number of benzene rings is 2. The summed E-state index contributed by atoms with van der Waals surface area (Å²) in [6.45, 7) is 0. The molecule has 2 aromatic carbocycles. The number of carbonyl (C=O) groups excluding carboxylic acids is 2. The normalized spacial score (nSPS) is 11.2. The third kappa shape index (κ3) is 5.10. The van der Waals surface area contributed by atoms with Crippen LogP contribution in [0, 0.1) is 0 Å². The van der Waals surface area contributed by atoms with E-state index in [4.69, 9.17) is 11.6 Å². The quantitative estimate of drug-likeness (QED) is 0.579. The van der Waals surface area contributed by atoms with Crippen LogP contribution in [0.3, 0.4) is 0 Å². The van der Waals surface area contributed by atoms with Gasteiger partial charge in [-0.2, -0.15) is 0 Å². The van der Waals surface area contributed by atoms with Crippen LogP contribution in [0.25, 0.3) is 0 Å². The van der Waals surface area contributed by atoms with Crippen molar-refractivity contribution in [1.29, 1.82) is 0 Å². The first-order chi connectivity index (χ1) is 13.8. The molecule has 0 atom stereocenters. The van der Waals surface area contributed by atoms with E-state index in [0.29, 0.717) is 22.1 Å². The molecule has 150 valence electrons. The van der Waals surface area contributed by atoms with Crippen LogP contribution in [-0.2, 0) is 21.7 Å². The molecule has 0 unspecified atom stereocenters. The van der Waals surface area contributed by atoms with E-state index in [-0.39, 0.29) is 22.9 Å². The van der Waals surface area contributed by atoms with Crippen molar-refractivity contribution in [2.45, 2.75) is 11.3 Å². The Hall–Kier alpha value is -2.97. The highest BCUT2D eigenvalue weighted by Gasteiger charge is 2.17. The molecule has 1 amide bonds. The number of hydrogen-bond acceptors (Lipinski definition) is 5. The van der Waals surface area contributed by atoms with Crippen LogP contribution < -0.4 is 5.32 Å². The van der Waals surface area contributed by atoms with Crippen LogP contribution in [0.5, 0.6) is 0 Å². The average molecular weight is 432 g/mol. The van der Waals surface area contributed by atoms with Gasteiger partial charge in [0.1, 0.15) is 0 Å². The summed E-state index contributed by atoms with van der Waals surface area (Å²) in [6.07, 6.45) is 3.03. The Bertz CT molecular complexity index is 1140. The first-order valence-corrected chi connectivity index (χ1v) is 10.7. The van der Waals surface area contributed by atoms with Crippen LogP contribution in [0.15, 0.2) is 65.8 Å². The smallest absolute Gasteiger partial charge is 0.228 e. The first-order valence-electron chi connectivity index (χ1n) is 8.66. The van der Waals surface area contributed by atoms with E-state index in [9.17, 15) is 18.0 Å². The summed E-state index contributed by atoms with van der Waals surface area (Å²) in [4.78, 5) is 28.6. The first kappa shape index (κ1) is 20.8. The van der Waals surface area contributed by atoms with E-state index in [0.717, 1.165) is 0 Å². The Kier molecular flexibility index (Phi) is 6.14. The summed E-state index contributed by atoms with van der Waals surface area (Å²) in [6, 6.07) is 12.1. The molecule has 0 saturated heterocycles. The number of halogens is 1. The van der Waals surface area contributed by atoms with Crippen molar-refractivity contribution in [3.05, 3.63) is 77.3 Å². The molecule has 1 N–H and O–H groups in total. The van der Waals surface area contributed by atoms with E-state index in [1.54, 1.807) is 48.3 Å². The second-order valence-electron chi connectivity index (χ2n) is 6.34. The molecule has 0 aliphatic heterocycles. The molecule has 0 aliphatic rings. The number of hydrogen-bond donors (Lipinski definition) is 1. The Labute approximate surface area is 173 Å². The number of amides is 1. The third-order valence-corrected chi connectivity index (χ3v) is 6.21. The Balaban J connectivity index is 1.59. The number of nitrogens with zero attached hydrogens (tertiary/aromatic N) is 2. The van der Waals surface area contributed by atoms with E-state index >= 15 is 0 Å². The maximum absolute atomic E-state index is 12.4. The molecule has 0 bridgehead atoms. The molecular formula is C20H18ClN3O4S. The number of nitrogens with one attached hydrogen (secondary N) is 1. The Morgan fingerprint density at radius 2 is 1.72 bits per heavy atom. The number of rotatable bonds is 7. The van der Waals surface area contributed by atoms with Gasteiger partial charge < -0.3 is 9.88 Å². The van der Waals surface area contributed by atoms with Gasteiger partial charge in [-0.15, -0.1) is 0 Å². The molecule has 0 aliphatic carbocycles. The van der Waals surface area contributed by atoms with E-state index in [1.165, 1.54) is 24.3 Å². The molecule has 3 rings (SSSR count). The van der Waals surface area contributed by atoms with Gasteiger partial charge in [0.05, 0.1) is 10.6 Å². The zero-order valence-electron chi connectivity index (χ0n) is 15.5.